The second-order valence-corrected chi connectivity index (χ2v) is 5.26. The van der Waals surface area contributed by atoms with Gasteiger partial charge in [0.25, 0.3) is 5.91 Å². The molecule has 0 spiro atoms. The summed E-state index contributed by atoms with van der Waals surface area (Å²) in [5, 5.41) is 8.14. The molecule has 0 radical (unpaired) electrons. The predicted octanol–water partition coefficient (Wildman–Crippen LogP) is 3.67. The number of anilines is 1. The number of nitrogens with one attached hydrogen (secondary N) is 2. The van der Waals surface area contributed by atoms with Gasteiger partial charge in [-0.15, -0.1) is 11.3 Å². The van der Waals surface area contributed by atoms with Crippen molar-refractivity contribution in [2.75, 3.05) is 12.4 Å². The van der Waals surface area contributed by atoms with E-state index in [1.807, 2.05) is 42.8 Å². The third kappa shape index (κ3) is 3.35. The fourth-order valence-electron chi connectivity index (χ4n) is 1.89. The van der Waals surface area contributed by atoms with Gasteiger partial charge in [-0.3, -0.25) is 4.79 Å². The van der Waals surface area contributed by atoms with Crippen molar-refractivity contribution in [1.29, 1.82) is 0 Å². The Bertz CT molecular complexity index is 520. The Kier molecular flexibility index (Phi) is 4.58. The lowest BCUT2D eigenvalue weighted by Gasteiger charge is -2.15. The topological polar surface area (TPSA) is 41.1 Å². The standard InChI is InChI=1S/C15H18N2OS/c1-3-13(14-5-4-10-19-14)17-15(18)11-6-8-12(16-2)9-7-11/h4-10,13,16H,3H2,1-2H3,(H,17,18). The summed E-state index contributed by atoms with van der Waals surface area (Å²) in [7, 11) is 1.86. The number of rotatable bonds is 5. The number of thiophene rings is 1. The minimum absolute atomic E-state index is 0.0251. The van der Waals surface area contributed by atoms with Crippen LogP contribution in [0.15, 0.2) is 41.8 Å². The van der Waals surface area contributed by atoms with E-state index in [1.165, 1.54) is 4.88 Å². The molecule has 1 unspecified atom stereocenters. The molecule has 4 heteroatoms. The third-order valence-corrected chi connectivity index (χ3v) is 4.02. The first-order chi connectivity index (χ1) is 9.24. The van der Waals surface area contributed by atoms with Gasteiger partial charge in [0, 0.05) is 23.2 Å². The minimum atomic E-state index is -0.0251. The zero-order valence-corrected chi connectivity index (χ0v) is 12.0. The fourth-order valence-corrected chi connectivity index (χ4v) is 2.76. The number of hydrogen-bond acceptors (Lipinski definition) is 3. The summed E-state index contributed by atoms with van der Waals surface area (Å²) >= 11 is 1.67. The van der Waals surface area contributed by atoms with Gasteiger partial charge >= 0.3 is 0 Å². The highest BCUT2D eigenvalue weighted by Crippen LogP contribution is 2.22. The average Bonchev–Trinajstić information content (AvgIpc) is 2.98. The monoisotopic (exact) mass is 274 g/mol. The molecule has 0 saturated carbocycles. The van der Waals surface area contributed by atoms with Crippen LogP contribution in [0.4, 0.5) is 5.69 Å². The molecule has 2 N–H and O–H groups in total. The molecule has 0 saturated heterocycles. The largest absolute Gasteiger partial charge is 0.388 e. The molecule has 100 valence electrons. The van der Waals surface area contributed by atoms with E-state index in [2.05, 4.69) is 23.6 Å². The van der Waals surface area contributed by atoms with Crippen LogP contribution < -0.4 is 10.6 Å². The van der Waals surface area contributed by atoms with Gasteiger partial charge in [0.1, 0.15) is 0 Å². The Hall–Kier alpha value is -1.81. The van der Waals surface area contributed by atoms with Gasteiger partial charge in [0.05, 0.1) is 6.04 Å². The SMILES string of the molecule is CCC(NC(=O)c1ccc(NC)cc1)c1cccs1. The first-order valence-electron chi connectivity index (χ1n) is 6.36. The van der Waals surface area contributed by atoms with E-state index in [-0.39, 0.29) is 11.9 Å². The summed E-state index contributed by atoms with van der Waals surface area (Å²) < 4.78 is 0. The second-order valence-electron chi connectivity index (χ2n) is 4.28. The van der Waals surface area contributed by atoms with Gasteiger partial charge in [-0.2, -0.15) is 0 Å². The Morgan fingerprint density at radius 1 is 1.26 bits per heavy atom. The highest BCUT2D eigenvalue weighted by molar-refractivity contribution is 7.10. The number of carbonyl (C=O) groups is 1. The second kappa shape index (κ2) is 6.38. The van der Waals surface area contributed by atoms with E-state index in [0.29, 0.717) is 5.56 Å². The summed E-state index contributed by atoms with van der Waals surface area (Å²) in [6, 6.07) is 11.6. The quantitative estimate of drug-likeness (QED) is 0.873. The third-order valence-electron chi connectivity index (χ3n) is 3.04. The molecule has 2 aromatic rings. The molecule has 1 atom stereocenters. The molecule has 1 heterocycles. The highest BCUT2D eigenvalue weighted by atomic mass is 32.1. The first kappa shape index (κ1) is 13.6. The summed E-state index contributed by atoms with van der Waals surface area (Å²) in [6.45, 7) is 2.08. The Morgan fingerprint density at radius 2 is 2.00 bits per heavy atom. The molecule has 0 bridgehead atoms. The molecule has 0 aliphatic heterocycles. The van der Waals surface area contributed by atoms with Crippen molar-refractivity contribution in [2.45, 2.75) is 19.4 Å². The molecule has 0 aliphatic rings. The average molecular weight is 274 g/mol. The lowest BCUT2D eigenvalue weighted by Crippen LogP contribution is -2.27. The summed E-state index contributed by atoms with van der Waals surface area (Å²) in [5.74, 6) is -0.0251. The van der Waals surface area contributed by atoms with Crippen molar-refractivity contribution in [3.63, 3.8) is 0 Å². The van der Waals surface area contributed by atoms with Gasteiger partial charge in [0.15, 0.2) is 0 Å². The van der Waals surface area contributed by atoms with Gasteiger partial charge < -0.3 is 10.6 Å². The van der Waals surface area contributed by atoms with E-state index in [0.717, 1.165) is 12.1 Å². The molecule has 0 aliphatic carbocycles. The van der Waals surface area contributed by atoms with Crippen LogP contribution in [-0.2, 0) is 0 Å². The maximum absolute atomic E-state index is 12.2. The maximum atomic E-state index is 12.2. The lowest BCUT2D eigenvalue weighted by molar-refractivity contribution is 0.0936. The van der Waals surface area contributed by atoms with E-state index >= 15 is 0 Å². The molecular weight excluding hydrogens is 256 g/mol. The Morgan fingerprint density at radius 3 is 2.53 bits per heavy atom. The molecule has 0 fully saturated rings. The normalized spacial score (nSPS) is 11.9. The summed E-state index contributed by atoms with van der Waals surface area (Å²) in [6.07, 6.45) is 0.890. The maximum Gasteiger partial charge on any atom is 0.251 e. The number of benzene rings is 1. The summed E-state index contributed by atoms with van der Waals surface area (Å²) in [5.41, 5.74) is 1.69. The zero-order chi connectivity index (χ0) is 13.7. The summed E-state index contributed by atoms with van der Waals surface area (Å²) in [4.78, 5) is 13.4. The van der Waals surface area contributed by atoms with Crippen LogP contribution in [0.2, 0.25) is 0 Å². The molecule has 1 amide bonds. The van der Waals surface area contributed by atoms with E-state index < -0.39 is 0 Å². The van der Waals surface area contributed by atoms with Gasteiger partial charge in [-0.25, -0.2) is 0 Å². The van der Waals surface area contributed by atoms with Crippen LogP contribution in [0.25, 0.3) is 0 Å². The van der Waals surface area contributed by atoms with Crippen LogP contribution in [-0.4, -0.2) is 13.0 Å². The zero-order valence-electron chi connectivity index (χ0n) is 11.1. The Labute approximate surface area is 117 Å². The first-order valence-corrected chi connectivity index (χ1v) is 7.24. The lowest BCUT2D eigenvalue weighted by atomic mass is 10.1. The van der Waals surface area contributed by atoms with Crippen molar-refractivity contribution >= 4 is 22.9 Å². The van der Waals surface area contributed by atoms with Gasteiger partial charge in [-0.05, 0) is 42.1 Å². The van der Waals surface area contributed by atoms with Gasteiger partial charge in [-0.1, -0.05) is 13.0 Å². The number of hydrogen-bond donors (Lipinski definition) is 2. The predicted molar refractivity (Wildman–Crippen MR) is 80.8 cm³/mol. The number of amides is 1. The molecule has 19 heavy (non-hydrogen) atoms. The molecule has 3 nitrogen and oxygen atoms in total. The Balaban J connectivity index is 2.06. The van der Waals surface area contributed by atoms with Crippen LogP contribution in [0.3, 0.4) is 0 Å². The van der Waals surface area contributed by atoms with Crippen molar-refractivity contribution < 1.29 is 4.79 Å². The smallest absolute Gasteiger partial charge is 0.251 e. The molecular formula is C15H18N2OS. The van der Waals surface area contributed by atoms with Crippen LogP contribution in [0.1, 0.15) is 34.6 Å². The molecule has 2 rings (SSSR count). The van der Waals surface area contributed by atoms with E-state index in [9.17, 15) is 4.79 Å². The van der Waals surface area contributed by atoms with Crippen molar-refractivity contribution in [2.24, 2.45) is 0 Å². The number of carbonyl (C=O) groups excluding carboxylic acids is 1. The van der Waals surface area contributed by atoms with Crippen molar-refractivity contribution in [1.82, 2.24) is 5.32 Å². The molecule has 1 aromatic carbocycles. The van der Waals surface area contributed by atoms with E-state index in [4.69, 9.17) is 0 Å². The van der Waals surface area contributed by atoms with Crippen LogP contribution in [0.5, 0.6) is 0 Å². The van der Waals surface area contributed by atoms with Crippen molar-refractivity contribution in [3.05, 3.63) is 52.2 Å². The van der Waals surface area contributed by atoms with Crippen LogP contribution in [0, 0.1) is 0 Å². The molecule has 1 aromatic heterocycles. The van der Waals surface area contributed by atoms with E-state index in [1.54, 1.807) is 11.3 Å². The highest BCUT2D eigenvalue weighted by Gasteiger charge is 2.14. The fraction of sp³-hybridized carbons (Fsp3) is 0.267. The van der Waals surface area contributed by atoms with Gasteiger partial charge in [0.2, 0.25) is 0 Å². The van der Waals surface area contributed by atoms with Crippen LogP contribution >= 0.6 is 11.3 Å². The minimum Gasteiger partial charge on any atom is -0.388 e. The van der Waals surface area contributed by atoms with Crippen molar-refractivity contribution in [3.8, 4) is 0 Å².